The Bertz CT molecular complexity index is 951. The van der Waals surface area contributed by atoms with E-state index in [2.05, 4.69) is 45.7 Å². The zero-order valence-electron chi connectivity index (χ0n) is 16.2. The summed E-state index contributed by atoms with van der Waals surface area (Å²) in [4.78, 5) is 15.1. The molecule has 27 heavy (non-hydrogen) atoms. The van der Waals surface area contributed by atoms with Crippen LogP contribution in [0.25, 0.3) is 0 Å². The van der Waals surface area contributed by atoms with Crippen molar-refractivity contribution in [3.05, 3.63) is 75.8 Å². The van der Waals surface area contributed by atoms with Crippen molar-refractivity contribution >= 4 is 5.91 Å². The predicted molar refractivity (Wildman–Crippen MR) is 106 cm³/mol. The molecule has 1 N–H and O–H groups in total. The number of hydrogen-bond acceptors (Lipinski definition) is 3. The first-order valence-electron chi connectivity index (χ1n) is 9.55. The van der Waals surface area contributed by atoms with Gasteiger partial charge in [0, 0.05) is 49.2 Å². The monoisotopic (exact) mass is 362 g/mol. The Labute approximate surface area is 160 Å². The molecule has 1 amide bonds. The van der Waals surface area contributed by atoms with Gasteiger partial charge >= 0.3 is 0 Å². The van der Waals surface area contributed by atoms with E-state index in [4.69, 9.17) is 0 Å². The molecule has 0 unspecified atom stereocenters. The maximum atomic E-state index is 12.7. The summed E-state index contributed by atoms with van der Waals surface area (Å²) in [5, 5.41) is 7.47. The van der Waals surface area contributed by atoms with Crippen molar-refractivity contribution < 1.29 is 4.79 Å². The van der Waals surface area contributed by atoms with Crippen molar-refractivity contribution in [3.63, 3.8) is 0 Å². The first-order chi connectivity index (χ1) is 13.0. The molecule has 1 aliphatic carbocycles. The highest BCUT2D eigenvalue weighted by Gasteiger charge is 2.18. The molecule has 0 saturated carbocycles. The Hall–Kier alpha value is -2.82. The first kappa shape index (κ1) is 17.6. The number of benzene rings is 1. The molecule has 5 nitrogen and oxygen atoms in total. The quantitative estimate of drug-likeness (QED) is 0.910. The molecular formula is C22H26N4O. The largest absolute Gasteiger partial charge is 0.371 e. The fourth-order valence-corrected chi connectivity index (χ4v) is 3.86. The first-order valence-corrected chi connectivity index (χ1v) is 9.55. The van der Waals surface area contributed by atoms with Gasteiger partial charge in [0.2, 0.25) is 0 Å². The Balaban J connectivity index is 1.44. The topological polar surface area (TPSA) is 50.2 Å². The van der Waals surface area contributed by atoms with E-state index in [0.29, 0.717) is 6.54 Å². The van der Waals surface area contributed by atoms with Gasteiger partial charge in [0.15, 0.2) is 0 Å². The van der Waals surface area contributed by atoms with Gasteiger partial charge in [0.1, 0.15) is 0 Å². The summed E-state index contributed by atoms with van der Waals surface area (Å²) in [6.07, 6.45) is 8.41. The van der Waals surface area contributed by atoms with Crippen LogP contribution in [0.2, 0.25) is 0 Å². The number of nitrogens with zero attached hydrogens (tertiary/aromatic N) is 3. The lowest BCUT2D eigenvalue weighted by molar-refractivity contribution is 0.0950. The van der Waals surface area contributed by atoms with E-state index >= 15 is 0 Å². The Morgan fingerprint density at radius 3 is 2.56 bits per heavy atom. The number of carbonyl (C=O) groups excluding carboxylic acids is 1. The third-order valence-electron chi connectivity index (χ3n) is 5.75. The molecule has 140 valence electrons. The van der Waals surface area contributed by atoms with E-state index in [9.17, 15) is 4.79 Å². The molecule has 0 saturated heterocycles. The van der Waals surface area contributed by atoms with E-state index in [1.807, 2.05) is 31.6 Å². The molecule has 0 bridgehead atoms. The standard InChI is InChI=1S/C22H26N4O/c1-15-21(16(2)25(3)24-15)14-23-22(27)19-8-7-17-9-11-26(20-5-4-6-20)12-10-18(17)13-19/h4-8,13H,9-12,14H2,1-3H3,(H,23,27). The van der Waals surface area contributed by atoms with Crippen LogP contribution in [0.1, 0.15) is 38.4 Å². The van der Waals surface area contributed by atoms with E-state index in [-0.39, 0.29) is 5.91 Å². The van der Waals surface area contributed by atoms with Crippen LogP contribution in [0.3, 0.4) is 0 Å². The van der Waals surface area contributed by atoms with Gasteiger partial charge in [-0.05, 0) is 62.1 Å². The van der Waals surface area contributed by atoms with Gasteiger partial charge in [-0.2, -0.15) is 5.10 Å². The minimum absolute atomic E-state index is 0.0220. The lowest BCUT2D eigenvalue weighted by atomic mass is 10.00. The third-order valence-corrected chi connectivity index (χ3v) is 5.75. The molecular weight excluding hydrogens is 336 g/mol. The van der Waals surface area contributed by atoms with Crippen LogP contribution in [0.15, 0.2) is 42.1 Å². The molecule has 0 radical (unpaired) electrons. The van der Waals surface area contributed by atoms with E-state index in [1.54, 1.807) is 0 Å². The SMILES string of the molecule is Cc1nn(C)c(C)c1CNC(=O)c1ccc2c(c1)CCN(C1=CC=C1)CC2. The van der Waals surface area contributed by atoms with Gasteiger partial charge in [-0.1, -0.05) is 12.1 Å². The van der Waals surface area contributed by atoms with Gasteiger partial charge in [0.05, 0.1) is 5.69 Å². The summed E-state index contributed by atoms with van der Waals surface area (Å²) in [7, 11) is 1.93. The van der Waals surface area contributed by atoms with Gasteiger partial charge in [-0.25, -0.2) is 0 Å². The summed E-state index contributed by atoms with van der Waals surface area (Å²) >= 11 is 0. The molecule has 0 atom stereocenters. The number of aromatic nitrogens is 2. The molecule has 0 spiro atoms. The summed E-state index contributed by atoms with van der Waals surface area (Å²) < 4.78 is 1.86. The van der Waals surface area contributed by atoms with Gasteiger partial charge < -0.3 is 10.2 Å². The highest BCUT2D eigenvalue weighted by atomic mass is 16.1. The number of carbonyl (C=O) groups is 1. The number of aryl methyl sites for hydroxylation is 2. The minimum Gasteiger partial charge on any atom is -0.371 e. The second-order valence-electron chi connectivity index (χ2n) is 7.38. The Morgan fingerprint density at radius 2 is 1.93 bits per heavy atom. The normalized spacial score (nSPS) is 15.7. The Morgan fingerprint density at radius 1 is 1.19 bits per heavy atom. The zero-order valence-corrected chi connectivity index (χ0v) is 16.2. The van der Waals surface area contributed by atoms with Gasteiger partial charge in [0.25, 0.3) is 5.91 Å². The Kier molecular flexibility index (Phi) is 4.60. The van der Waals surface area contributed by atoms with Crippen LogP contribution >= 0.6 is 0 Å². The van der Waals surface area contributed by atoms with Crippen molar-refractivity contribution in [2.75, 3.05) is 13.1 Å². The molecule has 2 aliphatic rings. The second-order valence-corrected chi connectivity index (χ2v) is 7.38. The lowest BCUT2D eigenvalue weighted by Gasteiger charge is -2.26. The highest BCUT2D eigenvalue weighted by molar-refractivity contribution is 5.94. The van der Waals surface area contributed by atoms with Crippen LogP contribution in [-0.4, -0.2) is 33.7 Å². The van der Waals surface area contributed by atoms with Crippen molar-refractivity contribution in [1.82, 2.24) is 20.0 Å². The van der Waals surface area contributed by atoms with Crippen LogP contribution in [0.5, 0.6) is 0 Å². The number of rotatable bonds is 4. The fraction of sp³-hybridized carbons (Fsp3) is 0.364. The molecule has 2 aromatic rings. The predicted octanol–water partition coefficient (Wildman–Crippen LogP) is 2.82. The second kappa shape index (κ2) is 7.06. The van der Waals surface area contributed by atoms with E-state index in [0.717, 1.165) is 48.4 Å². The molecule has 4 rings (SSSR count). The highest BCUT2D eigenvalue weighted by Crippen LogP contribution is 2.22. The lowest BCUT2D eigenvalue weighted by Crippen LogP contribution is -2.26. The van der Waals surface area contributed by atoms with Gasteiger partial charge in [-0.15, -0.1) is 0 Å². The van der Waals surface area contributed by atoms with Crippen molar-refractivity contribution in [3.8, 4) is 0 Å². The van der Waals surface area contributed by atoms with E-state index < -0.39 is 0 Å². The molecule has 1 aliphatic heterocycles. The number of fused-ring (bicyclic) bond motifs is 1. The average Bonchev–Trinajstić information content (AvgIpc) is 2.76. The van der Waals surface area contributed by atoms with Gasteiger partial charge in [-0.3, -0.25) is 9.48 Å². The molecule has 1 aromatic carbocycles. The van der Waals surface area contributed by atoms with E-state index in [1.165, 1.54) is 16.8 Å². The summed E-state index contributed by atoms with van der Waals surface area (Å²) in [5.41, 5.74) is 7.87. The van der Waals surface area contributed by atoms with Crippen molar-refractivity contribution in [2.24, 2.45) is 7.05 Å². The summed E-state index contributed by atoms with van der Waals surface area (Å²) in [6, 6.07) is 6.15. The van der Waals surface area contributed by atoms with Crippen molar-refractivity contribution in [1.29, 1.82) is 0 Å². The van der Waals surface area contributed by atoms with Crippen LogP contribution < -0.4 is 5.32 Å². The number of hydrogen-bond donors (Lipinski definition) is 1. The summed E-state index contributed by atoms with van der Waals surface area (Å²) in [5.74, 6) is -0.0220. The van der Waals surface area contributed by atoms with Crippen LogP contribution in [0.4, 0.5) is 0 Å². The smallest absolute Gasteiger partial charge is 0.251 e. The molecule has 1 aromatic heterocycles. The van der Waals surface area contributed by atoms with Crippen molar-refractivity contribution in [2.45, 2.75) is 33.2 Å². The molecule has 5 heteroatoms. The summed E-state index contributed by atoms with van der Waals surface area (Å²) in [6.45, 7) is 6.56. The average molecular weight is 362 g/mol. The molecule has 2 heterocycles. The molecule has 0 fully saturated rings. The third kappa shape index (κ3) is 3.42. The van der Waals surface area contributed by atoms with Crippen LogP contribution in [0, 0.1) is 13.8 Å². The van der Waals surface area contributed by atoms with Crippen LogP contribution in [-0.2, 0) is 26.4 Å². The maximum Gasteiger partial charge on any atom is 0.251 e. The number of amides is 1. The zero-order chi connectivity index (χ0) is 19.0. The maximum absolute atomic E-state index is 12.7. The minimum atomic E-state index is -0.0220. The number of allylic oxidation sites excluding steroid dienone is 3. The number of nitrogens with one attached hydrogen (secondary N) is 1. The fourth-order valence-electron chi connectivity index (χ4n) is 3.86.